The van der Waals surface area contributed by atoms with Crippen LogP contribution in [0.3, 0.4) is 0 Å². The van der Waals surface area contributed by atoms with E-state index in [1.807, 2.05) is 50.3 Å². The minimum atomic E-state index is 0. The van der Waals surface area contributed by atoms with Crippen LogP contribution in [0.5, 0.6) is 0 Å². The monoisotopic (exact) mass is 396 g/mol. The molecule has 0 heteroatoms. The van der Waals surface area contributed by atoms with Crippen LogP contribution in [0.25, 0.3) is 11.1 Å². The molecule has 0 radical (unpaired) electrons. The van der Waals surface area contributed by atoms with E-state index in [-0.39, 0.29) is 14.9 Å². The molecular formula is C30H36. The predicted molar refractivity (Wildman–Crippen MR) is 139 cm³/mol. The highest BCUT2D eigenvalue weighted by Gasteiger charge is 2.13. The van der Waals surface area contributed by atoms with Crippen LogP contribution in [-0.4, -0.2) is 0 Å². The van der Waals surface area contributed by atoms with Gasteiger partial charge in [0.25, 0.3) is 0 Å². The highest BCUT2D eigenvalue weighted by atomic mass is 14.2. The van der Waals surface area contributed by atoms with E-state index in [1.165, 1.54) is 5.57 Å². The van der Waals surface area contributed by atoms with Crippen LogP contribution >= 0.6 is 0 Å². The number of rotatable bonds is 6. The predicted octanol–water partition coefficient (Wildman–Crippen LogP) is 8.57. The fourth-order valence-electron chi connectivity index (χ4n) is 2.92. The molecule has 30 heavy (non-hydrogen) atoms. The molecular weight excluding hydrogens is 360 g/mol. The van der Waals surface area contributed by atoms with Crippen molar-refractivity contribution in [3.05, 3.63) is 108 Å². The normalized spacial score (nSPS) is 10.4. The molecule has 0 aliphatic carbocycles. The van der Waals surface area contributed by atoms with E-state index in [0.29, 0.717) is 0 Å². The molecule has 2 aromatic carbocycles. The van der Waals surface area contributed by atoms with E-state index in [9.17, 15) is 0 Å². The number of hydrogen-bond acceptors (Lipinski definition) is 0. The van der Waals surface area contributed by atoms with Crippen LogP contribution in [-0.2, 0) is 0 Å². The molecule has 0 aromatic heterocycles. The van der Waals surface area contributed by atoms with E-state index in [4.69, 9.17) is 12.8 Å². The Kier molecular flexibility index (Phi) is 14.8. The van der Waals surface area contributed by atoms with Gasteiger partial charge in [-0.15, -0.1) is 12.8 Å². The van der Waals surface area contributed by atoms with E-state index in [1.54, 1.807) is 6.08 Å². The summed E-state index contributed by atoms with van der Waals surface area (Å²) in [6, 6.07) is 16.1. The Hall–Kier alpha value is -3.48. The summed E-state index contributed by atoms with van der Waals surface area (Å²) in [7, 11) is 0. The molecule has 0 atom stereocenters. The zero-order chi connectivity index (χ0) is 20.9. The summed E-state index contributed by atoms with van der Waals surface area (Å²) in [5.41, 5.74) is 7.32. The Morgan fingerprint density at radius 2 is 1.27 bits per heavy atom. The zero-order valence-electron chi connectivity index (χ0n) is 17.1. The molecule has 0 bridgehead atoms. The van der Waals surface area contributed by atoms with Gasteiger partial charge in [0.2, 0.25) is 0 Å². The van der Waals surface area contributed by atoms with E-state index in [2.05, 4.69) is 56.2 Å². The maximum Gasteiger partial charge on any atom is 0.0243 e. The van der Waals surface area contributed by atoms with Crippen molar-refractivity contribution >= 4 is 11.1 Å². The number of allylic oxidation sites excluding steroid dienone is 6. The van der Waals surface area contributed by atoms with Crippen LogP contribution in [0.1, 0.15) is 64.3 Å². The van der Waals surface area contributed by atoms with Gasteiger partial charge in [0.15, 0.2) is 0 Å². The Bertz CT molecular complexity index is 931. The second-order valence-electron chi connectivity index (χ2n) is 5.71. The number of benzene rings is 2. The van der Waals surface area contributed by atoms with Crippen molar-refractivity contribution in [1.29, 1.82) is 0 Å². The number of hydrogen-bond donors (Lipinski definition) is 0. The minimum absolute atomic E-state index is 0. The Balaban J connectivity index is 0. The van der Waals surface area contributed by atoms with E-state index in [0.717, 1.165) is 39.8 Å². The fourth-order valence-corrected chi connectivity index (χ4v) is 2.92. The molecule has 0 unspecified atom stereocenters. The van der Waals surface area contributed by atoms with Gasteiger partial charge >= 0.3 is 0 Å². The van der Waals surface area contributed by atoms with Gasteiger partial charge in [-0.2, -0.15) is 0 Å². The van der Waals surface area contributed by atoms with E-state index < -0.39 is 0 Å². The zero-order valence-corrected chi connectivity index (χ0v) is 17.1. The molecule has 0 spiro atoms. The van der Waals surface area contributed by atoms with Crippen molar-refractivity contribution in [3.8, 4) is 24.7 Å². The highest BCUT2D eigenvalue weighted by Crippen LogP contribution is 2.35. The maximum absolute atomic E-state index is 5.50. The molecule has 0 aliphatic heterocycles. The third-order valence-corrected chi connectivity index (χ3v) is 4.20. The standard InChI is InChI=1S/C26H22.C2H6.2CH4/c1-6-11-22(9-4)26(24-18-14-21(8-3)15-19-24)25(10-5)23-16-12-20(7-2)13-17-23;1-2;;/h2-3,6,9,11-19H,1,4,10H2,5H3;1-2H3;2*1H4/b22-11+,26-25+;;;. The van der Waals surface area contributed by atoms with E-state index >= 15 is 0 Å². The van der Waals surface area contributed by atoms with Crippen LogP contribution < -0.4 is 0 Å². The molecule has 156 valence electrons. The van der Waals surface area contributed by atoms with Crippen molar-refractivity contribution in [2.75, 3.05) is 0 Å². The van der Waals surface area contributed by atoms with Gasteiger partial charge in [-0.25, -0.2) is 0 Å². The molecule has 0 heterocycles. The lowest BCUT2D eigenvalue weighted by molar-refractivity contribution is 1.24. The van der Waals surface area contributed by atoms with Gasteiger partial charge in [-0.3, -0.25) is 0 Å². The van der Waals surface area contributed by atoms with Gasteiger partial charge < -0.3 is 0 Å². The molecule has 0 saturated carbocycles. The van der Waals surface area contributed by atoms with Crippen LogP contribution in [0.4, 0.5) is 0 Å². The summed E-state index contributed by atoms with van der Waals surface area (Å²) >= 11 is 0. The van der Waals surface area contributed by atoms with Crippen LogP contribution in [0.15, 0.2) is 85.5 Å². The summed E-state index contributed by atoms with van der Waals surface area (Å²) in [6.45, 7) is 14.0. The Labute approximate surface area is 185 Å². The smallest absolute Gasteiger partial charge is 0.0243 e. The lowest BCUT2D eigenvalue weighted by atomic mass is 9.87. The quantitative estimate of drug-likeness (QED) is 0.260. The summed E-state index contributed by atoms with van der Waals surface area (Å²) in [5.74, 6) is 5.33. The van der Waals surface area contributed by atoms with Crippen molar-refractivity contribution in [3.63, 3.8) is 0 Å². The highest BCUT2D eigenvalue weighted by molar-refractivity contribution is 5.99. The van der Waals surface area contributed by atoms with Gasteiger partial charge in [-0.1, -0.05) is 103 Å². The molecule has 0 nitrogen and oxygen atoms in total. The molecule has 2 aromatic rings. The summed E-state index contributed by atoms with van der Waals surface area (Å²) < 4.78 is 0. The van der Waals surface area contributed by atoms with Crippen molar-refractivity contribution < 1.29 is 0 Å². The number of terminal acetylenes is 2. The second-order valence-corrected chi connectivity index (χ2v) is 5.71. The largest absolute Gasteiger partial charge is 0.115 e. The fraction of sp³-hybridized carbons (Fsp3) is 0.200. The first kappa shape index (κ1) is 28.7. The Morgan fingerprint density at radius 1 is 0.833 bits per heavy atom. The van der Waals surface area contributed by atoms with Crippen LogP contribution in [0, 0.1) is 24.7 Å². The Morgan fingerprint density at radius 3 is 1.60 bits per heavy atom. The van der Waals surface area contributed by atoms with Crippen molar-refractivity contribution in [2.45, 2.75) is 42.0 Å². The van der Waals surface area contributed by atoms with Gasteiger partial charge in [0.1, 0.15) is 0 Å². The van der Waals surface area contributed by atoms with Crippen LogP contribution in [0.2, 0.25) is 0 Å². The molecule has 0 fully saturated rings. The lowest BCUT2D eigenvalue weighted by Gasteiger charge is -2.17. The first-order valence-electron chi connectivity index (χ1n) is 9.51. The second kappa shape index (κ2) is 15.4. The average molecular weight is 397 g/mol. The molecule has 0 amide bonds. The lowest BCUT2D eigenvalue weighted by Crippen LogP contribution is -1.95. The first-order valence-corrected chi connectivity index (χ1v) is 9.51. The minimum Gasteiger partial charge on any atom is -0.115 e. The van der Waals surface area contributed by atoms with Crippen molar-refractivity contribution in [2.24, 2.45) is 0 Å². The summed E-state index contributed by atoms with van der Waals surface area (Å²) in [5, 5.41) is 0. The first-order chi connectivity index (χ1) is 13.7. The van der Waals surface area contributed by atoms with Gasteiger partial charge in [0.05, 0.1) is 0 Å². The average Bonchev–Trinajstić information content (AvgIpc) is 2.78. The molecule has 2 rings (SSSR count). The third kappa shape index (κ3) is 7.16. The topological polar surface area (TPSA) is 0 Å². The summed E-state index contributed by atoms with van der Waals surface area (Å²) in [4.78, 5) is 0. The molecule has 0 saturated heterocycles. The van der Waals surface area contributed by atoms with Crippen molar-refractivity contribution in [1.82, 2.24) is 0 Å². The molecule has 0 aliphatic rings. The van der Waals surface area contributed by atoms with Gasteiger partial charge in [-0.05, 0) is 58.5 Å². The summed E-state index contributed by atoms with van der Waals surface area (Å²) in [6.07, 6.45) is 17.5. The maximum atomic E-state index is 5.50. The molecule has 0 N–H and O–H groups in total. The van der Waals surface area contributed by atoms with Gasteiger partial charge in [0, 0.05) is 11.1 Å². The SMILES string of the molecule is C.C.C#Cc1ccc(/C(CC)=C(\C(C=C)=C\C=C)c2ccc(C#C)cc2)cc1.CC. The third-order valence-electron chi connectivity index (χ3n) is 4.20.